The molecule has 0 aromatic heterocycles. The van der Waals surface area contributed by atoms with Gasteiger partial charge in [-0.05, 0) is 35.3 Å². The van der Waals surface area contributed by atoms with E-state index >= 15 is 0 Å². The maximum atomic E-state index is 6.49. The van der Waals surface area contributed by atoms with Gasteiger partial charge in [0.25, 0.3) is 0 Å². The Balaban J connectivity index is 3.18. The van der Waals surface area contributed by atoms with Gasteiger partial charge >= 0.3 is 0 Å². The first-order valence-electron chi connectivity index (χ1n) is 8.67. The van der Waals surface area contributed by atoms with Crippen LogP contribution in [0.25, 0.3) is 0 Å². The molecule has 0 saturated carbocycles. The molecule has 0 aliphatic carbocycles. The smallest absolute Gasteiger partial charge is 0.127 e. The van der Waals surface area contributed by atoms with Gasteiger partial charge in [0.15, 0.2) is 0 Å². The van der Waals surface area contributed by atoms with Crippen molar-refractivity contribution in [1.82, 2.24) is 0 Å². The second kappa shape index (κ2) is 7.82. The van der Waals surface area contributed by atoms with Crippen molar-refractivity contribution < 1.29 is 4.52 Å². The van der Waals surface area contributed by atoms with Crippen LogP contribution in [0.1, 0.15) is 79.4 Å². The molecule has 0 N–H and O–H groups in total. The minimum atomic E-state index is -0.338. The Morgan fingerprint density at radius 1 is 0.864 bits per heavy atom. The summed E-state index contributed by atoms with van der Waals surface area (Å²) in [5, 5.41) is 0. The van der Waals surface area contributed by atoms with Crippen molar-refractivity contribution in [1.29, 1.82) is 0 Å². The normalized spacial score (nSPS) is 12.8. The van der Waals surface area contributed by atoms with Crippen molar-refractivity contribution >= 4 is 8.15 Å². The summed E-state index contributed by atoms with van der Waals surface area (Å²) in [6.07, 6.45) is 4.81. The standard InChI is InChI=1S/C20H35OP/c1-9-13-22(14-10-2)21-18-12-11-16(19(3,4)5)15-17(18)20(6,7)8/h11-12,15H,9-10,13-14H2,1-8H3. The van der Waals surface area contributed by atoms with Crippen LogP contribution in [0, 0.1) is 0 Å². The highest BCUT2D eigenvalue weighted by atomic mass is 31.1. The van der Waals surface area contributed by atoms with E-state index in [4.69, 9.17) is 4.52 Å². The SMILES string of the molecule is CCCP(CCC)Oc1ccc(C(C)(C)C)cc1C(C)(C)C. The molecule has 2 heteroatoms. The van der Waals surface area contributed by atoms with E-state index in [0.717, 1.165) is 5.75 Å². The van der Waals surface area contributed by atoms with Gasteiger partial charge in [-0.1, -0.05) is 67.5 Å². The molecule has 0 aliphatic heterocycles. The lowest BCUT2D eigenvalue weighted by atomic mass is 9.80. The molecule has 0 amide bonds. The van der Waals surface area contributed by atoms with Crippen LogP contribution in [0.4, 0.5) is 0 Å². The van der Waals surface area contributed by atoms with Crippen LogP contribution < -0.4 is 4.52 Å². The van der Waals surface area contributed by atoms with Gasteiger partial charge in [0, 0.05) is 17.9 Å². The highest BCUT2D eigenvalue weighted by Crippen LogP contribution is 2.44. The molecule has 22 heavy (non-hydrogen) atoms. The zero-order valence-electron chi connectivity index (χ0n) is 15.9. The van der Waals surface area contributed by atoms with E-state index in [2.05, 4.69) is 73.6 Å². The topological polar surface area (TPSA) is 9.23 Å². The fourth-order valence-electron chi connectivity index (χ4n) is 2.50. The first-order chi connectivity index (χ1) is 10.1. The van der Waals surface area contributed by atoms with Gasteiger partial charge in [-0.2, -0.15) is 0 Å². The van der Waals surface area contributed by atoms with Crippen molar-refractivity contribution in [3.63, 3.8) is 0 Å². The van der Waals surface area contributed by atoms with Gasteiger partial charge in [0.05, 0.1) is 8.15 Å². The Morgan fingerprint density at radius 3 is 1.82 bits per heavy atom. The van der Waals surface area contributed by atoms with E-state index in [9.17, 15) is 0 Å². The quantitative estimate of drug-likeness (QED) is 0.519. The minimum Gasteiger partial charge on any atom is -0.474 e. The van der Waals surface area contributed by atoms with E-state index < -0.39 is 0 Å². The van der Waals surface area contributed by atoms with Gasteiger partial charge in [-0.15, -0.1) is 0 Å². The predicted octanol–water partition coefficient (Wildman–Crippen LogP) is 6.88. The molecular weight excluding hydrogens is 287 g/mol. The summed E-state index contributed by atoms with van der Waals surface area (Å²) in [6.45, 7) is 18.2. The summed E-state index contributed by atoms with van der Waals surface area (Å²) in [5.41, 5.74) is 3.02. The third kappa shape index (κ3) is 5.58. The largest absolute Gasteiger partial charge is 0.474 e. The average molecular weight is 322 g/mol. The van der Waals surface area contributed by atoms with Crippen LogP contribution in [0.15, 0.2) is 18.2 Å². The number of hydrogen-bond donors (Lipinski definition) is 0. The lowest BCUT2D eigenvalue weighted by Gasteiger charge is -2.29. The molecule has 0 unspecified atom stereocenters. The molecule has 0 heterocycles. The molecule has 1 nitrogen and oxygen atoms in total. The van der Waals surface area contributed by atoms with Crippen LogP contribution in [-0.4, -0.2) is 12.3 Å². The average Bonchev–Trinajstić information content (AvgIpc) is 2.37. The minimum absolute atomic E-state index is 0.107. The Kier molecular flexibility index (Phi) is 6.93. The zero-order valence-corrected chi connectivity index (χ0v) is 16.8. The first-order valence-corrected chi connectivity index (χ1v) is 10.3. The Bertz CT molecular complexity index is 460. The highest BCUT2D eigenvalue weighted by molar-refractivity contribution is 7.52. The zero-order chi connectivity index (χ0) is 17.0. The van der Waals surface area contributed by atoms with Crippen molar-refractivity contribution in [2.45, 2.75) is 79.1 Å². The fraction of sp³-hybridized carbons (Fsp3) is 0.700. The maximum Gasteiger partial charge on any atom is 0.127 e. The summed E-state index contributed by atoms with van der Waals surface area (Å²) in [7, 11) is -0.338. The third-order valence-electron chi connectivity index (χ3n) is 3.83. The molecule has 0 bridgehead atoms. The van der Waals surface area contributed by atoms with Crippen molar-refractivity contribution in [2.75, 3.05) is 12.3 Å². The van der Waals surface area contributed by atoms with Gasteiger partial charge in [0.1, 0.15) is 5.75 Å². The van der Waals surface area contributed by atoms with Gasteiger partial charge in [-0.25, -0.2) is 0 Å². The third-order valence-corrected chi connectivity index (χ3v) is 6.17. The highest BCUT2D eigenvalue weighted by Gasteiger charge is 2.24. The molecule has 0 atom stereocenters. The van der Waals surface area contributed by atoms with Crippen LogP contribution in [-0.2, 0) is 10.8 Å². The van der Waals surface area contributed by atoms with E-state index in [0.29, 0.717) is 0 Å². The summed E-state index contributed by atoms with van der Waals surface area (Å²) in [6, 6.07) is 6.82. The van der Waals surface area contributed by atoms with E-state index in [-0.39, 0.29) is 19.0 Å². The molecule has 1 rings (SSSR count). The van der Waals surface area contributed by atoms with Gasteiger partial charge < -0.3 is 4.52 Å². The second-order valence-corrected chi connectivity index (χ2v) is 10.3. The molecule has 0 radical (unpaired) electrons. The lowest BCUT2D eigenvalue weighted by molar-refractivity contribution is 0.526. The van der Waals surface area contributed by atoms with Crippen LogP contribution >= 0.6 is 8.15 Å². The maximum absolute atomic E-state index is 6.49. The van der Waals surface area contributed by atoms with Gasteiger partial charge in [0.2, 0.25) is 0 Å². The molecule has 1 aromatic rings. The van der Waals surface area contributed by atoms with Crippen molar-refractivity contribution in [3.05, 3.63) is 29.3 Å². The fourth-order valence-corrected chi connectivity index (χ4v) is 4.34. The van der Waals surface area contributed by atoms with Gasteiger partial charge in [-0.3, -0.25) is 0 Å². The molecule has 0 aliphatic rings. The molecule has 0 fully saturated rings. The summed E-state index contributed by atoms with van der Waals surface area (Å²) < 4.78 is 6.49. The number of benzene rings is 1. The monoisotopic (exact) mass is 322 g/mol. The molecular formula is C20H35OP. The second-order valence-electron chi connectivity index (χ2n) is 8.23. The van der Waals surface area contributed by atoms with Crippen LogP contribution in [0.2, 0.25) is 0 Å². The van der Waals surface area contributed by atoms with Crippen molar-refractivity contribution in [3.8, 4) is 5.75 Å². The van der Waals surface area contributed by atoms with Crippen LogP contribution in [0.3, 0.4) is 0 Å². The Labute approximate surface area is 139 Å². The number of rotatable bonds is 6. The van der Waals surface area contributed by atoms with E-state index in [1.54, 1.807) is 0 Å². The van der Waals surface area contributed by atoms with Crippen molar-refractivity contribution in [2.24, 2.45) is 0 Å². The Hall–Kier alpha value is -0.550. The summed E-state index contributed by atoms with van der Waals surface area (Å²) >= 11 is 0. The van der Waals surface area contributed by atoms with E-state index in [1.807, 2.05) is 0 Å². The summed E-state index contributed by atoms with van der Waals surface area (Å²) in [5.74, 6) is 1.11. The first kappa shape index (κ1) is 19.5. The lowest BCUT2D eigenvalue weighted by Crippen LogP contribution is -2.17. The van der Waals surface area contributed by atoms with Crippen LogP contribution in [0.5, 0.6) is 5.75 Å². The van der Waals surface area contributed by atoms with E-state index in [1.165, 1.54) is 36.3 Å². The predicted molar refractivity (Wildman–Crippen MR) is 102 cm³/mol. The molecule has 1 aromatic carbocycles. The summed E-state index contributed by atoms with van der Waals surface area (Å²) in [4.78, 5) is 0. The molecule has 126 valence electrons. The molecule has 0 spiro atoms. The molecule has 0 saturated heterocycles. The Morgan fingerprint density at radius 2 is 1.41 bits per heavy atom. The number of hydrogen-bond acceptors (Lipinski definition) is 1.